The summed E-state index contributed by atoms with van der Waals surface area (Å²) in [6.07, 6.45) is 2.12. The Morgan fingerprint density at radius 2 is 2.00 bits per heavy atom. The minimum atomic E-state index is -0.508. The minimum absolute atomic E-state index is 0.508. The Kier molecular flexibility index (Phi) is 3.25. The first-order valence-corrected chi connectivity index (χ1v) is 7.53. The van der Waals surface area contributed by atoms with E-state index in [-0.39, 0.29) is 0 Å². The summed E-state index contributed by atoms with van der Waals surface area (Å²) >= 11 is 1.67. The maximum atomic E-state index is 10.4. The normalized spacial score (nSPS) is 17.1. The van der Waals surface area contributed by atoms with Crippen molar-refractivity contribution >= 4 is 11.8 Å². The van der Waals surface area contributed by atoms with Crippen LogP contribution >= 0.6 is 11.8 Å². The van der Waals surface area contributed by atoms with Gasteiger partial charge in [-0.1, -0.05) is 12.1 Å². The smallest absolute Gasteiger partial charge is 0.133 e. The van der Waals surface area contributed by atoms with E-state index in [4.69, 9.17) is 4.74 Å². The van der Waals surface area contributed by atoms with Crippen LogP contribution in [0.5, 0.6) is 11.5 Å². The van der Waals surface area contributed by atoms with Crippen LogP contribution in [0.2, 0.25) is 0 Å². The van der Waals surface area contributed by atoms with E-state index in [9.17, 15) is 5.11 Å². The van der Waals surface area contributed by atoms with Crippen LogP contribution in [-0.2, 0) is 6.42 Å². The van der Waals surface area contributed by atoms with E-state index in [1.165, 1.54) is 0 Å². The van der Waals surface area contributed by atoms with Crippen molar-refractivity contribution in [2.24, 2.45) is 0 Å². The lowest BCUT2D eigenvalue weighted by Gasteiger charge is -2.12. The quantitative estimate of drug-likeness (QED) is 0.793. The van der Waals surface area contributed by atoms with Crippen LogP contribution in [0.3, 0.4) is 0 Å². The van der Waals surface area contributed by atoms with Crippen LogP contribution in [0.15, 0.2) is 41.3 Å². The summed E-state index contributed by atoms with van der Waals surface area (Å²) in [6.45, 7) is 2.04. The fourth-order valence-electron chi connectivity index (χ4n) is 2.37. The zero-order chi connectivity index (χ0) is 13.4. The molecule has 0 amide bonds. The van der Waals surface area contributed by atoms with Crippen molar-refractivity contribution in [3.05, 3.63) is 53.1 Å². The van der Waals surface area contributed by atoms with Crippen LogP contribution in [0.4, 0.5) is 0 Å². The van der Waals surface area contributed by atoms with Crippen LogP contribution in [0, 0.1) is 6.92 Å². The van der Waals surface area contributed by atoms with Crippen molar-refractivity contribution in [3.63, 3.8) is 0 Å². The van der Waals surface area contributed by atoms with Crippen LogP contribution < -0.4 is 4.74 Å². The highest BCUT2D eigenvalue weighted by molar-refractivity contribution is 7.98. The Morgan fingerprint density at radius 3 is 2.79 bits per heavy atom. The zero-order valence-corrected chi connectivity index (χ0v) is 11.8. The number of benzene rings is 2. The van der Waals surface area contributed by atoms with Gasteiger partial charge in [0.2, 0.25) is 0 Å². The molecule has 1 heterocycles. The first-order chi connectivity index (χ1) is 9.17. The maximum Gasteiger partial charge on any atom is 0.133 e. The van der Waals surface area contributed by atoms with Gasteiger partial charge in [0, 0.05) is 16.9 Å². The largest absolute Gasteiger partial charge is 0.457 e. The summed E-state index contributed by atoms with van der Waals surface area (Å²) < 4.78 is 5.98. The van der Waals surface area contributed by atoms with Crippen molar-refractivity contribution in [2.75, 3.05) is 6.26 Å². The van der Waals surface area contributed by atoms with Crippen molar-refractivity contribution in [1.29, 1.82) is 0 Å². The summed E-state index contributed by atoms with van der Waals surface area (Å²) in [5.41, 5.74) is 3.10. The van der Waals surface area contributed by atoms with E-state index in [0.717, 1.165) is 33.1 Å². The number of ether oxygens (including phenoxy) is 1. The number of aliphatic hydroxyl groups is 1. The lowest BCUT2D eigenvalue weighted by molar-refractivity contribution is 0.178. The van der Waals surface area contributed by atoms with E-state index in [1.54, 1.807) is 11.8 Å². The first kappa shape index (κ1) is 12.6. The van der Waals surface area contributed by atoms with Crippen LogP contribution in [-0.4, -0.2) is 11.4 Å². The number of fused-ring (bicyclic) bond motifs is 2. The first-order valence-electron chi connectivity index (χ1n) is 6.31. The molecule has 98 valence electrons. The second-order valence-corrected chi connectivity index (χ2v) is 5.72. The third-order valence-electron chi connectivity index (χ3n) is 3.43. The highest BCUT2D eigenvalue weighted by Crippen LogP contribution is 2.40. The topological polar surface area (TPSA) is 29.5 Å². The van der Waals surface area contributed by atoms with Gasteiger partial charge in [-0.25, -0.2) is 0 Å². The van der Waals surface area contributed by atoms with Crippen molar-refractivity contribution in [2.45, 2.75) is 24.3 Å². The van der Waals surface area contributed by atoms with Gasteiger partial charge in [-0.3, -0.25) is 0 Å². The molecule has 0 saturated heterocycles. The second-order valence-electron chi connectivity index (χ2n) is 4.84. The molecule has 0 aromatic heterocycles. The van der Waals surface area contributed by atoms with E-state index >= 15 is 0 Å². The number of thioether (sulfide) groups is 1. The number of rotatable bonds is 1. The standard InChI is InChI=1S/C16H16O2S/c1-10-3-4-11-8-14(17)13-9-12(19-2)5-6-15(13)18-16(11)7-10/h3-7,9,14,17H,8H2,1-2H3. The van der Waals surface area contributed by atoms with Gasteiger partial charge in [0.15, 0.2) is 0 Å². The third-order valence-corrected chi connectivity index (χ3v) is 4.16. The van der Waals surface area contributed by atoms with Crippen molar-refractivity contribution < 1.29 is 9.84 Å². The van der Waals surface area contributed by atoms with Gasteiger partial charge >= 0.3 is 0 Å². The molecular weight excluding hydrogens is 256 g/mol. The Labute approximate surface area is 117 Å². The summed E-state index contributed by atoms with van der Waals surface area (Å²) in [4.78, 5) is 1.14. The molecule has 0 saturated carbocycles. The predicted octanol–water partition coefficient (Wildman–Crippen LogP) is 4.10. The molecule has 0 spiro atoms. The van der Waals surface area contributed by atoms with Crippen molar-refractivity contribution in [3.8, 4) is 11.5 Å². The molecule has 0 fully saturated rings. The Hall–Kier alpha value is -1.45. The molecule has 19 heavy (non-hydrogen) atoms. The van der Waals surface area contributed by atoms with E-state index in [1.807, 2.05) is 43.5 Å². The Balaban J connectivity index is 2.10. The number of hydrogen-bond acceptors (Lipinski definition) is 3. The van der Waals surface area contributed by atoms with Gasteiger partial charge in [-0.15, -0.1) is 11.8 Å². The lowest BCUT2D eigenvalue weighted by Crippen LogP contribution is -2.00. The number of aliphatic hydroxyl groups excluding tert-OH is 1. The molecule has 3 rings (SSSR count). The molecule has 1 unspecified atom stereocenters. The highest BCUT2D eigenvalue weighted by Gasteiger charge is 2.22. The van der Waals surface area contributed by atoms with Gasteiger partial charge in [0.05, 0.1) is 6.10 Å². The van der Waals surface area contributed by atoms with Gasteiger partial charge in [0.1, 0.15) is 11.5 Å². The Morgan fingerprint density at radius 1 is 1.16 bits per heavy atom. The van der Waals surface area contributed by atoms with E-state index in [0.29, 0.717) is 6.42 Å². The summed E-state index contributed by atoms with van der Waals surface area (Å²) in [7, 11) is 0. The molecular formula is C16H16O2S. The number of aryl methyl sites for hydroxylation is 1. The van der Waals surface area contributed by atoms with Gasteiger partial charge < -0.3 is 9.84 Å². The highest BCUT2D eigenvalue weighted by atomic mass is 32.2. The third kappa shape index (κ3) is 2.36. The predicted molar refractivity (Wildman–Crippen MR) is 78.1 cm³/mol. The molecule has 1 N–H and O–H groups in total. The zero-order valence-electron chi connectivity index (χ0n) is 11.0. The molecule has 1 aliphatic heterocycles. The average Bonchev–Trinajstić information content (AvgIpc) is 2.54. The summed E-state index contributed by atoms with van der Waals surface area (Å²) in [5.74, 6) is 1.62. The van der Waals surface area contributed by atoms with Gasteiger partial charge in [-0.2, -0.15) is 0 Å². The van der Waals surface area contributed by atoms with Gasteiger partial charge in [0.25, 0.3) is 0 Å². The monoisotopic (exact) mass is 272 g/mol. The van der Waals surface area contributed by atoms with Crippen molar-refractivity contribution in [1.82, 2.24) is 0 Å². The van der Waals surface area contributed by atoms with Crippen LogP contribution in [0.25, 0.3) is 0 Å². The fraction of sp³-hybridized carbons (Fsp3) is 0.250. The van der Waals surface area contributed by atoms with E-state index in [2.05, 4.69) is 6.07 Å². The molecule has 0 aliphatic carbocycles. The molecule has 1 aliphatic rings. The molecule has 2 aromatic rings. The fourth-order valence-corrected chi connectivity index (χ4v) is 2.82. The molecule has 0 radical (unpaired) electrons. The molecule has 3 heteroatoms. The SMILES string of the molecule is CSc1ccc2c(c1)C(O)Cc1ccc(C)cc1O2. The second kappa shape index (κ2) is 4.91. The summed E-state index contributed by atoms with van der Waals surface area (Å²) in [5, 5.41) is 10.4. The van der Waals surface area contributed by atoms with Crippen LogP contribution in [0.1, 0.15) is 22.8 Å². The molecule has 2 nitrogen and oxygen atoms in total. The minimum Gasteiger partial charge on any atom is -0.457 e. The Bertz CT molecular complexity index is 622. The molecule has 1 atom stereocenters. The summed E-state index contributed by atoms with van der Waals surface area (Å²) in [6, 6.07) is 12.1. The number of hydrogen-bond donors (Lipinski definition) is 1. The lowest BCUT2D eigenvalue weighted by atomic mass is 10.0. The molecule has 2 aromatic carbocycles. The molecule has 0 bridgehead atoms. The van der Waals surface area contributed by atoms with Gasteiger partial charge in [-0.05, 0) is 48.6 Å². The van der Waals surface area contributed by atoms with E-state index < -0.39 is 6.10 Å². The maximum absolute atomic E-state index is 10.4. The average molecular weight is 272 g/mol.